The number of pyridine rings is 1. The van der Waals surface area contributed by atoms with Gasteiger partial charge in [-0.3, -0.25) is 4.79 Å². The van der Waals surface area contributed by atoms with Crippen molar-refractivity contribution < 1.29 is 13.6 Å². The van der Waals surface area contributed by atoms with Gasteiger partial charge in [-0.05, 0) is 30.5 Å². The number of H-pyrrole nitrogens is 1. The molecule has 0 atom stereocenters. The highest BCUT2D eigenvalue weighted by molar-refractivity contribution is 6.02. The van der Waals surface area contributed by atoms with Gasteiger partial charge in [-0.2, -0.15) is 10.1 Å². The zero-order chi connectivity index (χ0) is 21.6. The van der Waals surface area contributed by atoms with E-state index in [-0.39, 0.29) is 31.2 Å². The van der Waals surface area contributed by atoms with Crippen LogP contribution in [0.3, 0.4) is 0 Å². The van der Waals surface area contributed by atoms with Gasteiger partial charge < -0.3 is 15.6 Å². The van der Waals surface area contributed by atoms with Crippen LogP contribution in [0.4, 0.5) is 14.7 Å². The largest absolute Gasteiger partial charge is 0.354 e. The highest BCUT2D eigenvalue weighted by atomic mass is 19.3. The summed E-state index contributed by atoms with van der Waals surface area (Å²) in [6, 6.07) is 3.78. The van der Waals surface area contributed by atoms with Crippen molar-refractivity contribution in [1.29, 1.82) is 0 Å². The highest BCUT2D eigenvalue weighted by Crippen LogP contribution is 2.41. The average Bonchev–Trinajstić information content (AvgIpc) is 3.34. The molecule has 0 aromatic carbocycles. The molecule has 1 fully saturated rings. The van der Waals surface area contributed by atoms with E-state index in [0.29, 0.717) is 22.7 Å². The van der Waals surface area contributed by atoms with Gasteiger partial charge in [0.2, 0.25) is 11.9 Å². The predicted molar refractivity (Wildman–Crippen MR) is 112 cm³/mol. The van der Waals surface area contributed by atoms with Gasteiger partial charge >= 0.3 is 0 Å². The molecule has 4 aromatic rings. The van der Waals surface area contributed by atoms with Crippen LogP contribution in [0.2, 0.25) is 0 Å². The van der Waals surface area contributed by atoms with E-state index >= 15 is 0 Å². The van der Waals surface area contributed by atoms with Crippen molar-refractivity contribution in [2.75, 3.05) is 18.4 Å². The molecule has 31 heavy (non-hydrogen) atoms. The average molecular weight is 425 g/mol. The lowest BCUT2D eigenvalue weighted by molar-refractivity contribution is -0.108. The number of hydrogen-bond donors (Lipinski definition) is 3. The molecule has 160 valence electrons. The van der Waals surface area contributed by atoms with E-state index in [1.54, 1.807) is 16.9 Å². The minimum atomic E-state index is -2.59. The summed E-state index contributed by atoms with van der Waals surface area (Å²) in [6.07, 6.45) is 6.53. The number of fused-ring (bicyclic) bond motifs is 2. The molecule has 0 aliphatic heterocycles. The van der Waals surface area contributed by atoms with Gasteiger partial charge in [0.1, 0.15) is 5.65 Å². The van der Waals surface area contributed by atoms with E-state index in [0.717, 1.165) is 23.1 Å². The van der Waals surface area contributed by atoms with Crippen LogP contribution in [0, 0.1) is 5.92 Å². The maximum atomic E-state index is 13.0. The van der Waals surface area contributed by atoms with E-state index in [9.17, 15) is 13.6 Å². The summed E-state index contributed by atoms with van der Waals surface area (Å²) in [4.78, 5) is 24.6. The molecule has 3 N–H and O–H groups in total. The first kappa shape index (κ1) is 19.4. The Bertz CT molecular complexity index is 1270. The number of aromatic amines is 1. The summed E-state index contributed by atoms with van der Waals surface area (Å²) in [5.74, 6) is -2.54. The van der Waals surface area contributed by atoms with Gasteiger partial charge in [0.25, 0.3) is 5.91 Å². The molecule has 0 spiro atoms. The van der Waals surface area contributed by atoms with Crippen LogP contribution < -0.4 is 10.6 Å². The summed E-state index contributed by atoms with van der Waals surface area (Å²) in [6.45, 7) is 2.94. The molecule has 1 amide bonds. The van der Waals surface area contributed by atoms with Crippen molar-refractivity contribution in [3.05, 3.63) is 42.5 Å². The fraction of sp³-hybridized carbons (Fsp3) is 0.333. The highest BCUT2D eigenvalue weighted by Gasteiger charge is 2.45. The fourth-order valence-electron chi connectivity index (χ4n) is 3.97. The number of alkyl halides is 2. The van der Waals surface area contributed by atoms with Crippen LogP contribution in [-0.2, 0) is 0 Å². The monoisotopic (exact) mass is 425 g/mol. The minimum Gasteiger partial charge on any atom is -0.354 e. The number of rotatable bonds is 6. The molecule has 1 aliphatic carbocycles. The minimum absolute atomic E-state index is 0.176. The van der Waals surface area contributed by atoms with Gasteiger partial charge in [-0.1, -0.05) is 0 Å². The van der Waals surface area contributed by atoms with E-state index in [1.807, 2.05) is 25.3 Å². The van der Waals surface area contributed by atoms with Crippen molar-refractivity contribution in [2.24, 2.45) is 5.92 Å². The van der Waals surface area contributed by atoms with Crippen molar-refractivity contribution in [2.45, 2.75) is 25.7 Å². The smallest absolute Gasteiger partial charge is 0.255 e. The second-order valence-electron chi connectivity index (χ2n) is 7.83. The van der Waals surface area contributed by atoms with E-state index in [4.69, 9.17) is 0 Å². The first-order chi connectivity index (χ1) is 14.9. The lowest BCUT2D eigenvalue weighted by atomic mass is 9.81. The maximum absolute atomic E-state index is 13.0. The summed E-state index contributed by atoms with van der Waals surface area (Å²) >= 11 is 0. The molecule has 0 radical (unpaired) electrons. The van der Waals surface area contributed by atoms with Crippen LogP contribution in [0.1, 0.15) is 30.1 Å². The third kappa shape index (κ3) is 3.58. The fourth-order valence-corrected chi connectivity index (χ4v) is 3.97. The molecule has 8 nitrogen and oxygen atoms in total. The van der Waals surface area contributed by atoms with Crippen LogP contribution in [0.15, 0.2) is 36.9 Å². The Morgan fingerprint density at radius 2 is 2.19 bits per heavy atom. The van der Waals surface area contributed by atoms with Crippen molar-refractivity contribution >= 4 is 28.4 Å². The van der Waals surface area contributed by atoms with E-state index < -0.39 is 5.92 Å². The molecule has 10 heteroatoms. The predicted octanol–water partition coefficient (Wildman–Crippen LogP) is 3.48. The normalized spacial score (nSPS) is 15.8. The zero-order valence-corrected chi connectivity index (χ0v) is 16.8. The Morgan fingerprint density at radius 3 is 2.97 bits per heavy atom. The number of nitrogens with one attached hydrogen (secondary N) is 3. The quantitative estimate of drug-likeness (QED) is 0.439. The second-order valence-corrected chi connectivity index (χ2v) is 7.83. The van der Waals surface area contributed by atoms with Crippen LogP contribution >= 0.6 is 0 Å². The van der Waals surface area contributed by atoms with Gasteiger partial charge in [-0.15, -0.1) is 0 Å². The number of carbonyl (C=O) groups excluding carboxylic acids is 1. The number of anilines is 1. The number of halogens is 2. The Labute approximate surface area is 176 Å². The number of aromatic nitrogens is 5. The zero-order valence-electron chi connectivity index (χ0n) is 16.8. The molecular weight excluding hydrogens is 404 g/mol. The molecule has 5 rings (SSSR count). The molecule has 0 saturated heterocycles. The number of carbonyl (C=O) groups is 1. The van der Waals surface area contributed by atoms with Gasteiger partial charge in [-0.25, -0.2) is 18.3 Å². The third-order valence-electron chi connectivity index (χ3n) is 5.57. The lowest BCUT2D eigenvalue weighted by Crippen LogP contribution is -2.42. The molecule has 0 bridgehead atoms. The maximum Gasteiger partial charge on any atom is 0.255 e. The molecule has 1 aliphatic rings. The van der Waals surface area contributed by atoms with Crippen molar-refractivity contribution in [1.82, 2.24) is 29.9 Å². The number of amides is 1. The van der Waals surface area contributed by atoms with Crippen LogP contribution in [0.25, 0.3) is 27.7 Å². The van der Waals surface area contributed by atoms with Gasteiger partial charge in [0.05, 0.1) is 17.3 Å². The molecule has 0 unspecified atom stereocenters. The standard InChI is InChI=1S/C21H21F2N7O/c1-2-24-20-27-10-15-14(9-25-18(15)29-20)13-3-4-30-17(5-13)16(11-28-30)19(31)26-8-12-6-21(22,23)7-12/h3-5,9-12H,2,6-8H2,1H3,(H,26,31)(H2,24,25,27,29). The first-order valence-electron chi connectivity index (χ1n) is 10.2. The Morgan fingerprint density at radius 1 is 1.35 bits per heavy atom. The third-order valence-corrected chi connectivity index (χ3v) is 5.57. The van der Waals surface area contributed by atoms with E-state index in [2.05, 4.69) is 30.7 Å². The number of nitrogens with zero attached hydrogens (tertiary/aromatic N) is 4. The first-order valence-corrected chi connectivity index (χ1v) is 10.2. The van der Waals surface area contributed by atoms with Crippen LogP contribution in [0.5, 0.6) is 0 Å². The summed E-state index contributed by atoms with van der Waals surface area (Å²) in [5.41, 5.74) is 3.54. The second kappa shape index (κ2) is 7.29. The van der Waals surface area contributed by atoms with Gasteiger partial charge in [0, 0.05) is 55.5 Å². The summed E-state index contributed by atoms with van der Waals surface area (Å²) in [5, 5.41) is 10.9. The molecule has 4 heterocycles. The summed E-state index contributed by atoms with van der Waals surface area (Å²) < 4.78 is 27.6. The molecule has 4 aromatic heterocycles. The lowest BCUT2D eigenvalue weighted by Gasteiger charge is -2.34. The molecule has 1 saturated carbocycles. The Kier molecular flexibility index (Phi) is 4.57. The summed E-state index contributed by atoms with van der Waals surface area (Å²) in [7, 11) is 0. The van der Waals surface area contributed by atoms with Crippen LogP contribution in [-0.4, -0.2) is 49.5 Å². The molecular formula is C21H21F2N7O. The topological polar surface area (TPSA) is 100 Å². The van der Waals surface area contributed by atoms with Gasteiger partial charge in [0.15, 0.2) is 0 Å². The Hall–Kier alpha value is -3.56. The Balaban J connectivity index is 1.41. The number of hydrogen-bond acceptors (Lipinski definition) is 5. The van der Waals surface area contributed by atoms with E-state index in [1.165, 1.54) is 6.20 Å². The van der Waals surface area contributed by atoms with Crippen molar-refractivity contribution in [3.8, 4) is 11.1 Å². The SMILES string of the molecule is CCNc1ncc2c(-c3ccn4ncc(C(=O)NCC5CC(F)(F)C5)c4c3)c[nH]c2n1. The van der Waals surface area contributed by atoms with Crippen molar-refractivity contribution in [3.63, 3.8) is 0 Å².